The average molecular weight is 338 g/mol. The Hall–Kier alpha value is -2.07. The third-order valence-corrected chi connectivity index (χ3v) is 5.44. The fraction of sp³-hybridized carbons (Fsp3) is 0.300. The summed E-state index contributed by atoms with van der Waals surface area (Å²) in [5.74, 6) is 0. The zero-order chi connectivity index (χ0) is 17.3. The van der Waals surface area contributed by atoms with Gasteiger partial charge in [-0.1, -0.05) is 55.4 Å². The van der Waals surface area contributed by atoms with E-state index in [1.807, 2.05) is 43.3 Å². The second-order valence-corrected chi connectivity index (χ2v) is 7.58. The fourth-order valence-electron chi connectivity index (χ4n) is 2.72. The summed E-state index contributed by atoms with van der Waals surface area (Å²) in [5, 5.41) is 1.82. The van der Waals surface area contributed by atoms with Crippen molar-refractivity contribution in [2.75, 3.05) is 0 Å². The van der Waals surface area contributed by atoms with Crippen LogP contribution in [0.3, 0.4) is 0 Å². The molecule has 24 heavy (non-hydrogen) atoms. The van der Waals surface area contributed by atoms with E-state index >= 15 is 0 Å². The van der Waals surface area contributed by atoms with Gasteiger partial charge in [-0.25, -0.2) is 4.98 Å². The van der Waals surface area contributed by atoms with E-state index in [4.69, 9.17) is 4.98 Å². The van der Waals surface area contributed by atoms with Crippen molar-refractivity contribution in [2.24, 2.45) is 0 Å². The van der Waals surface area contributed by atoms with E-state index in [1.54, 1.807) is 16.3 Å². The molecule has 0 aliphatic carbocycles. The summed E-state index contributed by atoms with van der Waals surface area (Å²) in [6.45, 7) is 8.42. The lowest BCUT2D eigenvalue weighted by molar-refractivity contribution is 0.801. The summed E-state index contributed by atoms with van der Waals surface area (Å²) in [6, 6.07) is 13.7. The third-order valence-electron chi connectivity index (χ3n) is 4.22. The minimum atomic E-state index is -0.00152. The van der Waals surface area contributed by atoms with Gasteiger partial charge in [0.05, 0.1) is 16.6 Å². The minimum Gasteiger partial charge on any atom is -0.268 e. The summed E-state index contributed by atoms with van der Waals surface area (Å²) in [6.07, 6.45) is 1.03. The molecule has 0 N–H and O–H groups in total. The summed E-state index contributed by atoms with van der Waals surface area (Å²) in [5.41, 5.74) is 3.94. The van der Waals surface area contributed by atoms with Gasteiger partial charge in [-0.2, -0.15) is 0 Å². The van der Waals surface area contributed by atoms with E-state index in [0.717, 1.165) is 28.3 Å². The summed E-state index contributed by atoms with van der Waals surface area (Å²) in [7, 11) is 0. The van der Waals surface area contributed by atoms with Crippen molar-refractivity contribution in [1.29, 1.82) is 0 Å². The summed E-state index contributed by atoms with van der Waals surface area (Å²) >= 11 is 1.66. The smallest absolute Gasteiger partial charge is 0.266 e. The lowest BCUT2D eigenvalue weighted by Crippen LogP contribution is -2.23. The molecule has 1 aromatic heterocycles. The van der Waals surface area contributed by atoms with Crippen LogP contribution in [0.2, 0.25) is 0 Å². The molecule has 0 fully saturated rings. The second-order valence-electron chi connectivity index (χ2n) is 6.18. The Balaban J connectivity index is 2.32. The third kappa shape index (κ3) is 3.11. The Labute approximate surface area is 146 Å². The lowest BCUT2D eigenvalue weighted by Gasteiger charge is -2.17. The van der Waals surface area contributed by atoms with Crippen LogP contribution in [0.15, 0.2) is 52.4 Å². The highest BCUT2D eigenvalue weighted by Gasteiger charge is 2.16. The van der Waals surface area contributed by atoms with Gasteiger partial charge >= 0.3 is 0 Å². The van der Waals surface area contributed by atoms with E-state index in [0.29, 0.717) is 10.6 Å². The average Bonchev–Trinajstić information content (AvgIpc) is 2.56. The Morgan fingerprint density at radius 3 is 2.62 bits per heavy atom. The maximum atomic E-state index is 13.2. The van der Waals surface area contributed by atoms with Crippen molar-refractivity contribution in [2.45, 2.75) is 44.5 Å². The van der Waals surface area contributed by atoms with E-state index in [9.17, 15) is 4.79 Å². The van der Waals surface area contributed by atoms with Crippen molar-refractivity contribution < 1.29 is 0 Å². The van der Waals surface area contributed by atoms with Gasteiger partial charge in [0.15, 0.2) is 5.16 Å². The molecule has 2 aromatic carbocycles. The number of benzene rings is 2. The molecule has 0 aliphatic rings. The number of aryl methyl sites for hydroxylation is 2. The first kappa shape index (κ1) is 16.8. The molecule has 3 aromatic rings. The molecule has 3 rings (SSSR count). The quantitative estimate of drug-likeness (QED) is 0.502. The van der Waals surface area contributed by atoms with Gasteiger partial charge in [-0.3, -0.25) is 9.36 Å². The molecule has 1 unspecified atom stereocenters. The molecule has 0 saturated carbocycles. The second kappa shape index (κ2) is 6.81. The number of rotatable bonds is 4. The fourth-order valence-corrected chi connectivity index (χ4v) is 3.69. The molecule has 124 valence electrons. The molecule has 0 spiro atoms. The lowest BCUT2D eigenvalue weighted by atomic mass is 10.1. The highest BCUT2D eigenvalue weighted by Crippen LogP contribution is 2.27. The molecule has 0 radical (unpaired) electrons. The van der Waals surface area contributed by atoms with E-state index < -0.39 is 0 Å². The van der Waals surface area contributed by atoms with Crippen LogP contribution in [-0.2, 0) is 0 Å². The molecule has 1 heterocycles. The zero-order valence-corrected chi connectivity index (χ0v) is 15.4. The molecule has 4 heteroatoms. The maximum absolute atomic E-state index is 13.2. The highest BCUT2D eigenvalue weighted by molar-refractivity contribution is 7.99. The largest absolute Gasteiger partial charge is 0.268 e. The summed E-state index contributed by atoms with van der Waals surface area (Å²) in [4.78, 5) is 18.0. The van der Waals surface area contributed by atoms with Gasteiger partial charge in [0.2, 0.25) is 0 Å². The SMILES string of the molecule is CCC(C)Sc1nc2ccccc2c(=O)n1-c1ccc(C)cc1C. The van der Waals surface area contributed by atoms with Gasteiger partial charge in [0.25, 0.3) is 5.56 Å². The summed E-state index contributed by atoms with van der Waals surface area (Å²) < 4.78 is 1.77. The standard InChI is InChI=1S/C20H22N2OS/c1-5-15(4)24-20-21-17-9-7-6-8-16(17)19(23)22(20)18-11-10-13(2)12-14(18)3/h6-12,15H,5H2,1-4H3. The normalized spacial score (nSPS) is 12.5. The van der Waals surface area contributed by atoms with Crippen molar-refractivity contribution in [3.8, 4) is 5.69 Å². The first-order valence-electron chi connectivity index (χ1n) is 8.27. The van der Waals surface area contributed by atoms with Crippen LogP contribution < -0.4 is 5.56 Å². The Kier molecular flexibility index (Phi) is 4.76. The van der Waals surface area contributed by atoms with E-state index in [1.165, 1.54) is 5.56 Å². The predicted molar refractivity (Wildman–Crippen MR) is 102 cm³/mol. The van der Waals surface area contributed by atoms with Gasteiger partial charge in [0.1, 0.15) is 0 Å². The van der Waals surface area contributed by atoms with Crippen LogP contribution in [0.4, 0.5) is 0 Å². The van der Waals surface area contributed by atoms with Crippen LogP contribution in [-0.4, -0.2) is 14.8 Å². The Morgan fingerprint density at radius 1 is 1.17 bits per heavy atom. The van der Waals surface area contributed by atoms with Crippen LogP contribution in [0.1, 0.15) is 31.4 Å². The Morgan fingerprint density at radius 2 is 1.92 bits per heavy atom. The number of hydrogen-bond donors (Lipinski definition) is 0. The van der Waals surface area contributed by atoms with Crippen LogP contribution in [0.5, 0.6) is 0 Å². The van der Waals surface area contributed by atoms with Gasteiger partial charge in [0, 0.05) is 5.25 Å². The molecule has 0 saturated heterocycles. The predicted octanol–water partition coefficient (Wildman–Crippen LogP) is 4.89. The molecule has 0 aliphatic heterocycles. The van der Waals surface area contributed by atoms with E-state index in [-0.39, 0.29) is 5.56 Å². The van der Waals surface area contributed by atoms with Crippen molar-refractivity contribution in [3.05, 3.63) is 63.9 Å². The van der Waals surface area contributed by atoms with Crippen molar-refractivity contribution in [3.63, 3.8) is 0 Å². The van der Waals surface area contributed by atoms with Crippen LogP contribution >= 0.6 is 11.8 Å². The van der Waals surface area contributed by atoms with Crippen molar-refractivity contribution in [1.82, 2.24) is 9.55 Å². The highest BCUT2D eigenvalue weighted by atomic mass is 32.2. The van der Waals surface area contributed by atoms with Crippen LogP contribution in [0, 0.1) is 13.8 Å². The number of nitrogens with zero attached hydrogens (tertiary/aromatic N) is 2. The molecule has 0 amide bonds. The number of thioether (sulfide) groups is 1. The monoisotopic (exact) mass is 338 g/mol. The topological polar surface area (TPSA) is 34.9 Å². The van der Waals surface area contributed by atoms with E-state index in [2.05, 4.69) is 26.8 Å². The Bertz CT molecular complexity index is 946. The maximum Gasteiger partial charge on any atom is 0.266 e. The first-order chi connectivity index (χ1) is 11.5. The number of fused-ring (bicyclic) bond motifs is 1. The molecular weight excluding hydrogens is 316 g/mol. The number of para-hydroxylation sites is 1. The molecular formula is C20H22N2OS. The molecule has 0 bridgehead atoms. The van der Waals surface area contributed by atoms with Crippen LogP contribution in [0.25, 0.3) is 16.6 Å². The number of aromatic nitrogens is 2. The molecule has 3 nitrogen and oxygen atoms in total. The zero-order valence-electron chi connectivity index (χ0n) is 14.5. The minimum absolute atomic E-state index is 0.00152. The van der Waals surface area contributed by atoms with Gasteiger partial charge in [-0.15, -0.1) is 0 Å². The van der Waals surface area contributed by atoms with Gasteiger partial charge < -0.3 is 0 Å². The number of hydrogen-bond acceptors (Lipinski definition) is 3. The molecule has 1 atom stereocenters. The van der Waals surface area contributed by atoms with Gasteiger partial charge in [-0.05, 0) is 44.0 Å². The van der Waals surface area contributed by atoms with Crippen molar-refractivity contribution >= 4 is 22.7 Å². The first-order valence-corrected chi connectivity index (χ1v) is 9.15.